The third kappa shape index (κ3) is 3.75. The number of esters is 1. The van der Waals surface area contributed by atoms with Crippen molar-refractivity contribution in [1.29, 1.82) is 0 Å². The normalized spacial score (nSPS) is 14.3. The van der Waals surface area contributed by atoms with E-state index < -0.39 is 11.6 Å². The van der Waals surface area contributed by atoms with Gasteiger partial charge < -0.3 is 14.4 Å². The molecule has 22 heavy (non-hydrogen) atoms. The average molecular weight is 306 g/mol. The van der Waals surface area contributed by atoms with Crippen LogP contribution in [0, 0.1) is 0 Å². The Morgan fingerprint density at radius 3 is 2.73 bits per heavy atom. The largest absolute Gasteiger partial charge is 0.461 e. The molecule has 1 aromatic heterocycles. The molecule has 0 radical (unpaired) electrons. The van der Waals surface area contributed by atoms with E-state index in [2.05, 4.69) is 4.98 Å². The van der Waals surface area contributed by atoms with Crippen LogP contribution in [-0.2, 0) is 22.4 Å². The molecule has 6 nitrogen and oxygen atoms in total. The molecule has 120 valence electrons. The third-order valence-electron chi connectivity index (χ3n) is 3.27. The van der Waals surface area contributed by atoms with Crippen LogP contribution in [0.15, 0.2) is 12.3 Å². The summed E-state index contributed by atoms with van der Waals surface area (Å²) in [6.07, 6.45) is 1.80. The van der Waals surface area contributed by atoms with E-state index in [0.717, 1.165) is 11.1 Å². The molecule has 1 aromatic rings. The van der Waals surface area contributed by atoms with Gasteiger partial charge in [-0.2, -0.15) is 0 Å². The van der Waals surface area contributed by atoms with Gasteiger partial charge in [0.25, 0.3) is 0 Å². The quantitative estimate of drug-likeness (QED) is 0.785. The molecule has 0 bridgehead atoms. The summed E-state index contributed by atoms with van der Waals surface area (Å²) in [7, 11) is 0. The lowest BCUT2D eigenvalue weighted by Crippen LogP contribution is -2.40. The summed E-state index contributed by atoms with van der Waals surface area (Å²) >= 11 is 0. The van der Waals surface area contributed by atoms with E-state index in [1.807, 2.05) is 26.8 Å². The second kappa shape index (κ2) is 6.34. The van der Waals surface area contributed by atoms with Crippen LogP contribution >= 0.6 is 0 Å². The highest BCUT2D eigenvalue weighted by molar-refractivity contribution is 5.89. The van der Waals surface area contributed by atoms with Crippen molar-refractivity contribution in [2.45, 2.75) is 46.3 Å². The Morgan fingerprint density at radius 1 is 1.36 bits per heavy atom. The number of pyridine rings is 1. The summed E-state index contributed by atoms with van der Waals surface area (Å²) in [5, 5.41) is 0. The van der Waals surface area contributed by atoms with E-state index in [1.165, 1.54) is 0 Å². The van der Waals surface area contributed by atoms with Crippen LogP contribution in [0.5, 0.6) is 0 Å². The predicted molar refractivity (Wildman–Crippen MR) is 80.5 cm³/mol. The minimum absolute atomic E-state index is 0.314. The lowest BCUT2D eigenvalue weighted by molar-refractivity contribution is 0.0223. The van der Waals surface area contributed by atoms with Gasteiger partial charge in [-0.25, -0.2) is 14.6 Å². The van der Waals surface area contributed by atoms with Crippen LogP contribution in [-0.4, -0.2) is 40.7 Å². The number of rotatable bonds is 2. The minimum atomic E-state index is -0.522. The van der Waals surface area contributed by atoms with Gasteiger partial charge in [0.15, 0.2) is 5.69 Å². The number of amides is 1. The van der Waals surface area contributed by atoms with E-state index in [1.54, 1.807) is 18.0 Å². The molecule has 1 aliphatic rings. The van der Waals surface area contributed by atoms with Crippen LogP contribution in [0.2, 0.25) is 0 Å². The summed E-state index contributed by atoms with van der Waals surface area (Å²) in [5.74, 6) is -0.412. The lowest BCUT2D eigenvalue weighted by atomic mass is 9.99. The molecule has 0 fully saturated rings. The first kappa shape index (κ1) is 16.3. The molecule has 0 N–H and O–H groups in total. The van der Waals surface area contributed by atoms with Gasteiger partial charge in [-0.1, -0.05) is 0 Å². The second-order valence-corrected chi connectivity index (χ2v) is 6.17. The molecule has 0 spiro atoms. The van der Waals surface area contributed by atoms with Gasteiger partial charge in [-0.05, 0) is 51.3 Å². The Kier molecular flexibility index (Phi) is 4.68. The number of hydrogen-bond donors (Lipinski definition) is 0. The number of carbonyl (C=O) groups excluding carboxylic acids is 2. The smallest absolute Gasteiger partial charge is 0.410 e. The summed E-state index contributed by atoms with van der Waals surface area (Å²) in [6, 6.07) is 1.83. The number of aromatic nitrogens is 1. The Bertz CT molecular complexity index is 578. The van der Waals surface area contributed by atoms with Crippen molar-refractivity contribution in [3.05, 3.63) is 29.1 Å². The highest BCUT2D eigenvalue weighted by Crippen LogP contribution is 2.23. The molecule has 0 aliphatic carbocycles. The first-order valence-corrected chi connectivity index (χ1v) is 7.43. The van der Waals surface area contributed by atoms with Crippen molar-refractivity contribution < 1.29 is 19.1 Å². The number of nitrogens with zero attached hydrogens (tertiary/aromatic N) is 2. The van der Waals surface area contributed by atoms with Gasteiger partial charge in [0, 0.05) is 19.3 Å². The Hall–Kier alpha value is -2.11. The van der Waals surface area contributed by atoms with E-state index in [0.29, 0.717) is 31.8 Å². The van der Waals surface area contributed by atoms with Crippen molar-refractivity contribution in [3.63, 3.8) is 0 Å². The zero-order valence-electron chi connectivity index (χ0n) is 13.5. The number of carbonyl (C=O) groups is 2. The Labute approximate surface area is 130 Å². The fraction of sp³-hybridized carbons (Fsp3) is 0.562. The number of fused-ring (bicyclic) bond motifs is 1. The van der Waals surface area contributed by atoms with Crippen LogP contribution in [0.25, 0.3) is 0 Å². The van der Waals surface area contributed by atoms with Crippen LogP contribution in [0.1, 0.15) is 49.3 Å². The van der Waals surface area contributed by atoms with Gasteiger partial charge >= 0.3 is 12.1 Å². The first-order valence-electron chi connectivity index (χ1n) is 7.43. The van der Waals surface area contributed by atoms with E-state index in [9.17, 15) is 9.59 Å². The standard InChI is InChI=1S/C16H22N2O4/c1-5-21-14(19)13-12-7-9-18(10-11(12)6-8-17-13)15(20)22-16(2,3)4/h6,8H,5,7,9-10H2,1-4H3. The van der Waals surface area contributed by atoms with Gasteiger partial charge in [0.05, 0.1) is 6.61 Å². The minimum Gasteiger partial charge on any atom is -0.461 e. The average Bonchev–Trinajstić information content (AvgIpc) is 2.44. The maximum atomic E-state index is 12.1. The molecule has 0 aromatic carbocycles. The second-order valence-electron chi connectivity index (χ2n) is 6.17. The van der Waals surface area contributed by atoms with Crippen molar-refractivity contribution in [3.8, 4) is 0 Å². The summed E-state index contributed by atoms with van der Waals surface area (Å²) in [5.41, 5.74) is 1.60. The molecule has 2 rings (SSSR count). The van der Waals surface area contributed by atoms with Gasteiger partial charge in [-0.15, -0.1) is 0 Å². The van der Waals surface area contributed by atoms with Crippen LogP contribution < -0.4 is 0 Å². The van der Waals surface area contributed by atoms with Crippen molar-refractivity contribution in [2.24, 2.45) is 0 Å². The SMILES string of the molecule is CCOC(=O)c1nccc2c1CCN(C(=O)OC(C)(C)C)C2. The molecule has 1 amide bonds. The molecule has 1 aliphatic heterocycles. The highest BCUT2D eigenvalue weighted by Gasteiger charge is 2.28. The van der Waals surface area contributed by atoms with Crippen molar-refractivity contribution in [2.75, 3.05) is 13.2 Å². The van der Waals surface area contributed by atoms with Gasteiger partial charge in [0.1, 0.15) is 5.60 Å². The molecule has 0 saturated heterocycles. The monoisotopic (exact) mass is 306 g/mol. The topological polar surface area (TPSA) is 68.7 Å². The van der Waals surface area contributed by atoms with E-state index >= 15 is 0 Å². The summed E-state index contributed by atoms with van der Waals surface area (Å²) in [4.78, 5) is 29.8. The summed E-state index contributed by atoms with van der Waals surface area (Å²) < 4.78 is 10.4. The fourth-order valence-electron chi connectivity index (χ4n) is 2.35. The molecular weight excluding hydrogens is 284 g/mol. The first-order chi connectivity index (χ1) is 10.3. The van der Waals surface area contributed by atoms with Crippen molar-refractivity contribution >= 4 is 12.1 Å². The Morgan fingerprint density at radius 2 is 2.09 bits per heavy atom. The Balaban J connectivity index is 2.17. The molecule has 0 unspecified atom stereocenters. The lowest BCUT2D eigenvalue weighted by Gasteiger charge is -2.31. The van der Waals surface area contributed by atoms with Gasteiger partial charge in [-0.3, -0.25) is 0 Å². The number of ether oxygens (including phenoxy) is 2. The summed E-state index contributed by atoms with van der Waals surface area (Å²) in [6.45, 7) is 8.51. The van der Waals surface area contributed by atoms with E-state index in [4.69, 9.17) is 9.47 Å². The highest BCUT2D eigenvalue weighted by atomic mass is 16.6. The third-order valence-corrected chi connectivity index (χ3v) is 3.27. The maximum Gasteiger partial charge on any atom is 0.410 e. The maximum absolute atomic E-state index is 12.1. The predicted octanol–water partition coefficient (Wildman–Crippen LogP) is 2.55. The zero-order chi connectivity index (χ0) is 16.3. The fourth-order valence-corrected chi connectivity index (χ4v) is 2.35. The molecule has 0 saturated carbocycles. The van der Waals surface area contributed by atoms with Crippen LogP contribution in [0.3, 0.4) is 0 Å². The molecule has 6 heteroatoms. The zero-order valence-corrected chi connectivity index (χ0v) is 13.5. The molecular formula is C16H22N2O4. The van der Waals surface area contributed by atoms with E-state index in [-0.39, 0.29) is 6.09 Å². The number of hydrogen-bond acceptors (Lipinski definition) is 5. The molecule has 0 atom stereocenters. The van der Waals surface area contributed by atoms with Gasteiger partial charge in [0.2, 0.25) is 0 Å². The van der Waals surface area contributed by atoms with Crippen molar-refractivity contribution in [1.82, 2.24) is 9.88 Å². The molecule has 2 heterocycles. The van der Waals surface area contributed by atoms with Crippen LogP contribution in [0.4, 0.5) is 4.79 Å².